The average Bonchev–Trinajstić information content (AvgIpc) is 2.29. The van der Waals surface area contributed by atoms with Gasteiger partial charge in [0.1, 0.15) is 0 Å². The predicted molar refractivity (Wildman–Crippen MR) is 70.3 cm³/mol. The lowest BCUT2D eigenvalue weighted by atomic mass is 9.83. The van der Waals surface area contributed by atoms with E-state index in [9.17, 15) is 4.57 Å². The fourth-order valence-corrected chi connectivity index (χ4v) is 4.25. The first-order chi connectivity index (χ1) is 8.11. The van der Waals surface area contributed by atoms with Crippen LogP contribution in [-0.2, 0) is 13.6 Å². The highest BCUT2D eigenvalue weighted by Crippen LogP contribution is 2.49. The Kier molecular flexibility index (Phi) is 6.71. The van der Waals surface area contributed by atoms with Crippen LogP contribution in [-0.4, -0.2) is 25.4 Å². The minimum atomic E-state index is -2.87. The smallest absolute Gasteiger partial charge is 0.327 e. The van der Waals surface area contributed by atoms with Gasteiger partial charge in [-0.15, -0.1) is 0 Å². The van der Waals surface area contributed by atoms with Crippen molar-refractivity contribution in [2.24, 2.45) is 11.7 Å². The Hall–Kier alpha value is 0.110. The van der Waals surface area contributed by atoms with E-state index in [1.54, 1.807) is 0 Å². The molecule has 1 rings (SSSR count). The largest absolute Gasteiger partial charge is 0.330 e. The topological polar surface area (TPSA) is 61.5 Å². The highest BCUT2D eigenvalue weighted by atomic mass is 31.2. The third-order valence-electron chi connectivity index (χ3n) is 3.39. The van der Waals surface area contributed by atoms with Gasteiger partial charge in [-0.1, -0.05) is 12.8 Å². The molecular weight excluding hydrogens is 237 g/mol. The molecule has 0 aromatic carbocycles. The third-order valence-corrected chi connectivity index (χ3v) is 5.50. The van der Waals surface area contributed by atoms with Gasteiger partial charge in [0.2, 0.25) is 0 Å². The fraction of sp³-hybridized carbons (Fsp3) is 1.00. The van der Waals surface area contributed by atoms with Crippen molar-refractivity contribution >= 4 is 7.60 Å². The van der Waals surface area contributed by atoms with Crippen LogP contribution >= 0.6 is 7.60 Å². The Morgan fingerprint density at radius 1 is 1.18 bits per heavy atom. The average molecular weight is 263 g/mol. The standard InChI is InChI=1S/C12H26NO3P/c1-3-15-17(14,16-4-2)10-9-11-7-5-6-8-12(11)13/h11-12H,3-10,13H2,1-2H3. The molecule has 1 aliphatic rings. The quantitative estimate of drug-likeness (QED) is 0.717. The number of rotatable bonds is 7. The minimum absolute atomic E-state index is 0.264. The van der Waals surface area contributed by atoms with Crippen LogP contribution in [0.1, 0.15) is 46.0 Å². The van der Waals surface area contributed by atoms with E-state index in [1.807, 2.05) is 13.8 Å². The highest BCUT2D eigenvalue weighted by Gasteiger charge is 2.28. The monoisotopic (exact) mass is 263 g/mol. The van der Waals surface area contributed by atoms with E-state index in [2.05, 4.69) is 0 Å². The van der Waals surface area contributed by atoms with Crippen molar-refractivity contribution in [3.8, 4) is 0 Å². The molecular formula is C12H26NO3P. The Bertz CT molecular complexity index is 250. The Balaban J connectivity index is 2.42. The van der Waals surface area contributed by atoms with E-state index in [0.717, 1.165) is 19.3 Å². The number of hydrogen-bond donors (Lipinski definition) is 1. The van der Waals surface area contributed by atoms with Gasteiger partial charge < -0.3 is 14.8 Å². The van der Waals surface area contributed by atoms with E-state index in [-0.39, 0.29) is 6.04 Å². The molecule has 1 fully saturated rings. The zero-order chi connectivity index (χ0) is 12.7. The maximum atomic E-state index is 12.3. The van der Waals surface area contributed by atoms with Crippen LogP contribution in [0, 0.1) is 5.92 Å². The molecule has 2 unspecified atom stereocenters. The van der Waals surface area contributed by atoms with Crippen molar-refractivity contribution < 1.29 is 13.6 Å². The van der Waals surface area contributed by atoms with Gasteiger partial charge in [-0.2, -0.15) is 0 Å². The summed E-state index contributed by atoms with van der Waals surface area (Å²) in [5, 5.41) is 0. The van der Waals surface area contributed by atoms with Crippen molar-refractivity contribution in [1.82, 2.24) is 0 Å². The Morgan fingerprint density at radius 3 is 2.29 bits per heavy atom. The van der Waals surface area contributed by atoms with Gasteiger partial charge in [-0.3, -0.25) is 4.57 Å². The van der Waals surface area contributed by atoms with Gasteiger partial charge in [-0.25, -0.2) is 0 Å². The summed E-state index contributed by atoms with van der Waals surface area (Å²) >= 11 is 0. The summed E-state index contributed by atoms with van der Waals surface area (Å²) in [6.07, 6.45) is 6.08. The molecule has 102 valence electrons. The molecule has 17 heavy (non-hydrogen) atoms. The molecule has 0 amide bonds. The lowest BCUT2D eigenvalue weighted by Gasteiger charge is -2.29. The van der Waals surface area contributed by atoms with Crippen LogP contribution in [0.3, 0.4) is 0 Å². The second kappa shape index (κ2) is 7.52. The molecule has 1 aliphatic carbocycles. The van der Waals surface area contributed by atoms with Crippen LogP contribution in [0.5, 0.6) is 0 Å². The second-order valence-corrected chi connectivity index (χ2v) is 6.85. The van der Waals surface area contributed by atoms with Gasteiger partial charge in [0.15, 0.2) is 0 Å². The molecule has 0 aromatic heterocycles. The Labute approximate surface area is 105 Å². The molecule has 0 aromatic rings. The van der Waals surface area contributed by atoms with Crippen LogP contribution in [0.2, 0.25) is 0 Å². The SMILES string of the molecule is CCOP(=O)(CCC1CCCCC1N)OCC. The van der Waals surface area contributed by atoms with Crippen LogP contribution in [0.4, 0.5) is 0 Å². The van der Waals surface area contributed by atoms with Crippen LogP contribution in [0.15, 0.2) is 0 Å². The zero-order valence-electron chi connectivity index (χ0n) is 11.1. The maximum Gasteiger partial charge on any atom is 0.330 e. The van der Waals surface area contributed by atoms with E-state index < -0.39 is 7.60 Å². The molecule has 5 heteroatoms. The van der Waals surface area contributed by atoms with E-state index >= 15 is 0 Å². The number of nitrogens with two attached hydrogens (primary N) is 1. The van der Waals surface area contributed by atoms with Crippen molar-refractivity contribution in [2.75, 3.05) is 19.4 Å². The summed E-state index contributed by atoms with van der Waals surface area (Å²) in [4.78, 5) is 0. The summed E-state index contributed by atoms with van der Waals surface area (Å²) in [5.41, 5.74) is 6.08. The molecule has 2 atom stereocenters. The predicted octanol–water partition coefficient (Wildman–Crippen LogP) is 3.16. The van der Waals surface area contributed by atoms with E-state index in [1.165, 1.54) is 12.8 Å². The molecule has 0 spiro atoms. The molecule has 0 aliphatic heterocycles. The lowest BCUT2D eigenvalue weighted by molar-refractivity contribution is 0.214. The molecule has 0 heterocycles. The van der Waals surface area contributed by atoms with Crippen molar-refractivity contribution in [1.29, 1.82) is 0 Å². The summed E-state index contributed by atoms with van der Waals surface area (Å²) in [6, 6.07) is 0.264. The highest BCUT2D eigenvalue weighted by molar-refractivity contribution is 7.53. The first-order valence-corrected chi connectivity index (χ1v) is 8.47. The molecule has 0 saturated heterocycles. The normalized spacial score (nSPS) is 26.1. The molecule has 0 radical (unpaired) electrons. The van der Waals surface area contributed by atoms with Crippen molar-refractivity contribution in [3.05, 3.63) is 0 Å². The first-order valence-electron chi connectivity index (χ1n) is 6.75. The molecule has 0 bridgehead atoms. The second-order valence-electron chi connectivity index (χ2n) is 4.67. The third kappa shape index (κ3) is 5.09. The Morgan fingerprint density at radius 2 is 1.76 bits per heavy atom. The summed E-state index contributed by atoms with van der Waals surface area (Å²) in [7, 11) is -2.87. The summed E-state index contributed by atoms with van der Waals surface area (Å²) in [6.45, 7) is 4.57. The molecule has 4 nitrogen and oxygen atoms in total. The fourth-order valence-electron chi connectivity index (χ4n) is 2.48. The van der Waals surface area contributed by atoms with Crippen molar-refractivity contribution in [2.45, 2.75) is 52.0 Å². The first kappa shape index (κ1) is 15.2. The summed E-state index contributed by atoms with van der Waals surface area (Å²) in [5.74, 6) is 0.484. The van der Waals surface area contributed by atoms with E-state index in [4.69, 9.17) is 14.8 Å². The van der Waals surface area contributed by atoms with Gasteiger partial charge >= 0.3 is 7.60 Å². The number of hydrogen-bond acceptors (Lipinski definition) is 4. The maximum absolute atomic E-state index is 12.3. The minimum Gasteiger partial charge on any atom is -0.327 e. The lowest BCUT2D eigenvalue weighted by Crippen LogP contribution is -2.33. The van der Waals surface area contributed by atoms with Gasteiger partial charge in [-0.05, 0) is 39.0 Å². The summed E-state index contributed by atoms with van der Waals surface area (Å²) < 4.78 is 22.9. The van der Waals surface area contributed by atoms with Crippen LogP contribution in [0.25, 0.3) is 0 Å². The van der Waals surface area contributed by atoms with Gasteiger partial charge in [0, 0.05) is 6.04 Å². The molecule has 1 saturated carbocycles. The van der Waals surface area contributed by atoms with Crippen molar-refractivity contribution in [3.63, 3.8) is 0 Å². The molecule has 2 N–H and O–H groups in total. The van der Waals surface area contributed by atoms with E-state index in [0.29, 0.717) is 25.3 Å². The van der Waals surface area contributed by atoms with Gasteiger partial charge in [0.05, 0.1) is 19.4 Å². The zero-order valence-corrected chi connectivity index (χ0v) is 12.0. The van der Waals surface area contributed by atoms with Gasteiger partial charge in [0.25, 0.3) is 0 Å². The van der Waals surface area contributed by atoms with Crippen LogP contribution < -0.4 is 5.73 Å².